The maximum absolute atomic E-state index is 13.3. The molecule has 0 amide bonds. The Morgan fingerprint density at radius 2 is 2.14 bits per heavy atom. The van der Waals surface area contributed by atoms with Gasteiger partial charge in [0.05, 0.1) is 16.6 Å². The number of fused-ring (bicyclic) bond motifs is 2. The maximum atomic E-state index is 13.3. The molecule has 1 fully saturated rings. The highest BCUT2D eigenvalue weighted by molar-refractivity contribution is 6.17. The minimum absolute atomic E-state index is 0.00527. The Kier molecular flexibility index (Phi) is 3.63. The molecular weight excluding hydrogens is 360 g/mol. The molecule has 0 saturated heterocycles. The van der Waals surface area contributed by atoms with E-state index in [1.807, 2.05) is 0 Å². The van der Waals surface area contributed by atoms with Crippen LogP contribution in [0.15, 0.2) is 15.5 Å². The Labute approximate surface area is 160 Å². The normalized spacial score (nSPS) is 17.4. The van der Waals surface area contributed by atoms with Gasteiger partial charge in [0.15, 0.2) is 5.82 Å². The van der Waals surface area contributed by atoms with E-state index in [0.29, 0.717) is 52.5 Å². The fraction of sp³-hybridized carbons (Fsp3) is 0.421. The number of carbonyl (C=O) groups excluding carboxylic acids is 1. The van der Waals surface area contributed by atoms with Gasteiger partial charge in [-0.15, -0.1) is 0 Å². The van der Waals surface area contributed by atoms with Crippen molar-refractivity contribution in [1.29, 1.82) is 0 Å². The topological polar surface area (TPSA) is 126 Å². The van der Waals surface area contributed by atoms with Crippen LogP contribution in [0.4, 0.5) is 5.82 Å². The van der Waals surface area contributed by atoms with E-state index in [-0.39, 0.29) is 16.9 Å². The third kappa shape index (κ3) is 2.70. The molecule has 0 spiro atoms. The summed E-state index contributed by atoms with van der Waals surface area (Å²) in [6, 6.07) is 0. The summed E-state index contributed by atoms with van der Waals surface area (Å²) >= 11 is 0. The zero-order valence-electron chi connectivity index (χ0n) is 15.7. The van der Waals surface area contributed by atoms with E-state index in [2.05, 4.69) is 37.5 Å². The van der Waals surface area contributed by atoms with Crippen molar-refractivity contribution in [2.45, 2.75) is 45.2 Å². The first kappa shape index (κ1) is 17.1. The first-order valence-electron chi connectivity index (χ1n) is 9.35. The quantitative estimate of drug-likeness (QED) is 0.581. The number of nitrogens with one attached hydrogen (secondary N) is 3. The molecule has 0 aromatic carbocycles. The second-order valence-corrected chi connectivity index (χ2v) is 7.72. The number of nitrogens with zero attached hydrogens (tertiary/aromatic N) is 3. The molecule has 2 aliphatic rings. The minimum Gasteiger partial charge on any atom is -0.442 e. The van der Waals surface area contributed by atoms with Crippen molar-refractivity contribution in [3.05, 3.63) is 45.1 Å². The third-order valence-electron chi connectivity index (χ3n) is 5.47. The standard InChI is InChI=1S/C19H20N6O3/c1-9-12(13-15(25-19(2)4-5-19)21-8-22-18(13)28-9)14(26)16-23-11-7-20-6-3-10(11)17(27)24-16/h8,20H,3-7H2,1-2H3,(H,21,22,25)(H,23,24,27). The first-order chi connectivity index (χ1) is 13.5. The molecule has 5 rings (SSSR count). The van der Waals surface area contributed by atoms with E-state index in [9.17, 15) is 9.59 Å². The van der Waals surface area contributed by atoms with Crippen molar-refractivity contribution in [3.63, 3.8) is 0 Å². The van der Waals surface area contributed by atoms with Gasteiger partial charge in [0.1, 0.15) is 17.9 Å². The average molecular weight is 380 g/mol. The van der Waals surface area contributed by atoms with Crippen LogP contribution in [0.5, 0.6) is 0 Å². The molecule has 3 aromatic heterocycles. The van der Waals surface area contributed by atoms with E-state index in [0.717, 1.165) is 19.4 Å². The van der Waals surface area contributed by atoms with Crippen LogP contribution in [-0.4, -0.2) is 37.8 Å². The summed E-state index contributed by atoms with van der Waals surface area (Å²) in [5.41, 5.74) is 1.62. The second-order valence-electron chi connectivity index (χ2n) is 7.72. The molecule has 9 nitrogen and oxygen atoms in total. The Morgan fingerprint density at radius 1 is 1.32 bits per heavy atom. The zero-order chi connectivity index (χ0) is 19.5. The predicted molar refractivity (Wildman–Crippen MR) is 102 cm³/mol. The van der Waals surface area contributed by atoms with Gasteiger partial charge in [-0.25, -0.2) is 15.0 Å². The number of hydrogen-bond acceptors (Lipinski definition) is 8. The molecule has 9 heteroatoms. The van der Waals surface area contributed by atoms with Gasteiger partial charge in [-0.2, -0.15) is 0 Å². The molecule has 3 aromatic rings. The van der Waals surface area contributed by atoms with Crippen LogP contribution >= 0.6 is 0 Å². The number of furan rings is 1. The number of anilines is 1. The van der Waals surface area contributed by atoms with Gasteiger partial charge < -0.3 is 20.0 Å². The number of H-pyrrole nitrogens is 1. The lowest BCUT2D eigenvalue weighted by atomic mass is 10.1. The maximum Gasteiger partial charge on any atom is 0.254 e. The molecule has 1 aliphatic carbocycles. The van der Waals surface area contributed by atoms with Gasteiger partial charge in [-0.1, -0.05) is 0 Å². The number of aromatic nitrogens is 4. The molecule has 0 bridgehead atoms. The average Bonchev–Trinajstić information content (AvgIpc) is 3.29. The van der Waals surface area contributed by atoms with Crippen molar-refractivity contribution >= 4 is 22.7 Å². The molecule has 3 N–H and O–H groups in total. The summed E-state index contributed by atoms with van der Waals surface area (Å²) in [6.07, 6.45) is 4.08. The number of aromatic amines is 1. The molecule has 0 unspecified atom stereocenters. The van der Waals surface area contributed by atoms with E-state index in [4.69, 9.17) is 4.42 Å². The van der Waals surface area contributed by atoms with E-state index in [1.165, 1.54) is 6.33 Å². The molecule has 1 aliphatic heterocycles. The SMILES string of the molecule is Cc1oc2ncnc(NC3(C)CC3)c2c1C(=O)c1nc2c(c(=O)[nH]1)CCNC2. The third-order valence-corrected chi connectivity index (χ3v) is 5.47. The van der Waals surface area contributed by atoms with Crippen LogP contribution in [0.3, 0.4) is 0 Å². The van der Waals surface area contributed by atoms with Gasteiger partial charge in [-0.3, -0.25) is 9.59 Å². The van der Waals surface area contributed by atoms with Gasteiger partial charge >= 0.3 is 0 Å². The second kappa shape index (κ2) is 5.96. The van der Waals surface area contributed by atoms with Gasteiger partial charge in [0.2, 0.25) is 11.5 Å². The number of ketones is 1. The Balaban J connectivity index is 1.65. The van der Waals surface area contributed by atoms with Crippen LogP contribution in [-0.2, 0) is 13.0 Å². The predicted octanol–water partition coefficient (Wildman–Crippen LogP) is 1.46. The molecule has 28 heavy (non-hydrogen) atoms. The number of hydrogen-bond donors (Lipinski definition) is 3. The first-order valence-corrected chi connectivity index (χ1v) is 9.35. The molecule has 4 heterocycles. The fourth-order valence-electron chi connectivity index (χ4n) is 3.61. The lowest BCUT2D eigenvalue weighted by Gasteiger charge is -2.15. The number of aryl methyl sites for hydroxylation is 1. The molecule has 144 valence electrons. The molecule has 0 radical (unpaired) electrons. The number of carbonyl (C=O) groups is 1. The van der Waals surface area contributed by atoms with E-state index < -0.39 is 5.78 Å². The van der Waals surface area contributed by atoms with Crippen molar-refractivity contribution in [3.8, 4) is 0 Å². The summed E-state index contributed by atoms with van der Waals surface area (Å²) in [5, 5.41) is 7.09. The summed E-state index contributed by atoms with van der Waals surface area (Å²) < 4.78 is 5.72. The van der Waals surface area contributed by atoms with Crippen molar-refractivity contribution in [2.75, 3.05) is 11.9 Å². The van der Waals surface area contributed by atoms with Crippen molar-refractivity contribution in [2.24, 2.45) is 0 Å². The van der Waals surface area contributed by atoms with Crippen LogP contribution in [0.1, 0.15) is 53.0 Å². The summed E-state index contributed by atoms with van der Waals surface area (Å²) in [5.74, 6) is 0.585. The highest BCUT2D eigenvalue weighted by atomic mass is 16.3. The minimum atomic E-state index is -0.402. The van der Waals surface area contributed by atoms with E-state index >= 15 is 0 Å². The van der Waals surface area contributed by atoms with E-state index in [1.54, 1.807) is 6.92 Å². The van der Waals surface area contributed by atoms with Crippen LogP contribution in [0.2, 0.25) is 0 Å². The number of rotatable bonds is 4. The lowest BCUT2D eigenvalue weighted by Crippen LogP contribution is -2.32. The summed E-state index contributed by atoms with van der Waals surface area (Å²) in [6.45, 7) is 5.00. The van der Waals surface area contributed by atoms with Crippen LogP contribution < -0.4 is 16.2 Å². The van der Waals surface area contributed by atoms with Crippen LogP contribution in [0, 0.1) is 6.92 Å². The van der Waals surface area contributed by atoms with Crippen LogP contribution in [0.25, 0.3) is 11.1 Å². The lowest BCUT2D eigenvalue weighted by molar-refractivity contribution is 0.102. The van der Waals surface area contributed by atoms with Gasteiger partial charge in [0, 0.05) is 17.6 Å². The van der Waals surface area contributed by atoms with Crippen molar-refractivity contribution in [1.82, 2.24) is 25.3 Å². The molecule has 1 saturated carbocycles. The smallest absolute Gasteiger partial charge is 0.254 e. The van der Waals surface area contributed by atoms with Crippen molar-refractivity contribution < 1.29 is 9.21 Å². The van der Waals surface area contributed by atoms with Gasteiger partial charge in [0.25, 0.3) is 5.56 Å². The highest BCUT2D eigenvalue weighted by Crippen LogP contribution is 2.40. The Bertz CT molecular complexity index is 1170. The Hall–Kier alpha value is -3.07. The highest BCUT2D eigenvalue weighted by Gasteiger charge is 2.38. The van der Waals surface area contributed by atoms with Gasteiger partial charge in [-0.05, 0) is 39.7 Å². The monoisotopic (exact) mass is 380 g/mol. The largest absolute Gasteiger partial charge is 0.442 e. The summed E-state index contributed by atoms with van der Waals surface area (Å²) in [4.78, 5) is 41.3. The summed E-state index contributed by atoms with van der Waals surface area (Å²) in [7, 11) is 0. The molecule has 0 atom stereocenters. The molecular formula is C19H20N6O3. The fourth-order valence-corrected chi connectivity index (χ4v) is 3.61. The zero-order valence-corrected chi connectivity index (χ0v) is 15.7. The Morgan fingerprint density at radius 3 is 2.93 bits per heavy atom.